The van der Waals surface area contributed by atoms with Gasteiger partial charge in [0.15, 0.2) is 0 Å². The number of carbonyl (C=O) groups excluding carboxylic acids is 4. The predicted molar refractivity (Wildman–Crippen MR) is 197 cm³/mol. The molecule has 4 aromatic carbocycles. The Balaban J connectivity index is 0.000000802. The van der Waals surface area contributed by atoms with Gasteiger partial charge >= 0.3 is 11.9 Å². The van der Waals surface area contributed by atoms with E-state index in [0.717, 1.165) is 45.9 Å². The summed E-state index contributed by atoms with van der Waals surface area (Å²) in [7, 11) is 1.64. The van der Waals surface area contributed by atoms with Gasteiger partial charge < -0.3 is 23.7 Å². The largest absolute Gasteiger partial charge is 0.497 e. The van der Waals surface area contributed by atoms with Gasteiger partial charge in [0.25, 0.3) is 6.47 Å². The van der Waals surface area contributed by atoms with Crippen molar-refractivity contribution in [3.63, 3.8) is 0 Å². The van der Waals surface area contributed by atoms with Gasteiger partial charge in [-0.3, -0.25) is 4.79 Å². The lowest BCUT2D eigenvalue weighted by atomic mass is 10.0. The molecular weight excluding hydrogens is 620 g/mol. The molecule has 0 atom stereocenters. The minimum atomic E-state index is -0.502. The Labute approximate surface area is 290 Å². The Kier molecular flexibility index (Phi) is 22.0. The fourth-order valence-electron chi connectivity index (χ4n) is 3.51. The van der Waals surface area contributed by atoms with E-state index in [1.165, 1.54) is 6.92 Å². The molecule has 0 aliphatic heterocycles. The molecule has 0 aromatic heterocycles. The minimum Gasteiger partial charge on any atom is -0.497 e. The van der Waals surface area contributed by atoms with Crippen LogP contribution in [0.1, 0.15) is 40.2 Å². The Morgan fingerprint density at radius 1 is 0.673 bits per heavy atom. The number of hydrogen-bond donors (Lipinski definition) is 0. The Hall–Kier alpha value is -6.02. The molecule has 4 aromatic rings. The maximum absolute atomic E-state index is 11.5. The second-order valence-electron chi connectivity index (χ2n) is 9.41. The summed E-state index contributed by atoms with van der Waals surface area (Å²) >= 11 is 0. The lowest BCUT2D eigenvalue weighted by molar-refractivity contribution is -0.130. The van der Waals surface area contributed by atoms with Gasteiger partial charge in [-0.05, 0) is 98.0 Å². The second-order valence-corrected chi connectivity index (χ2v) is 9.41. The highest BCUT2D eigenvalue weighted by atomic mass is 16.5. The van der Waals surface area contributed by atoms with E-state index in [2.05, 4.69) is 19.7 Å². The topological polar surface area (TPSA) is 105 Å². The summed E-state index contributed by atoms with van der Waals surface area (Å²) in [6.45, 7) is 21.5. The third kappa shape index (κ3) is 16.4. The van der Waals surface area contributed by atoms with Crippen LogP contribution in [0.15, 0.2) is 128 Å². The number of esters is 2. The molecule has 0 N–H and O–H groups in total. The number of allylic oxidation sites excluding steroid dienone is 1. The van der Waals surface area contributed by atoms with Crippen molar-refractivity contribution in [3.8, 4) is 45.3 Å². The first-order valence-electron chi connectivity index (χ1n) is 15.3. The molecule has 0 bridgehead atoms. The Morgan fingerprint density at radius 2 is 1.08 bits per heavy atom. The quantitative estimate of drug-likeness (QED) is 0.0572. The molecule has 0 aliphatic rings. The van der Waals surface area contributed by atoms with Crippen LogP contribution in [-0.2, 0) is 19.2 Å². The van der Waals surface area contributed by atoms with Crippen LogP contribution in [-0.4, -0.2) is 31.8 Å². The zero-order valence-electron chi connectivity index (χ0n) is 29.4. The first-order valence-corrected chi connectivity index (χ1v) is 15.3. The van der Waals surface area contributed by atoms with Crippen molar-refractivity contribution in [3.05, 3.63) is 134 Å². The number of rotatable bonds is 9. The predicted octanol–water partition coefficient (Wildman–Crippen LogP) is 9.56. The van der Waals surface area contributed by atoms with E-state index < -0.39 is 11.9 Å². The molecule has 0 amide bonds. The van der Waals surface area contributed by atoms with Gasteiger partial charge in [0.05, 0.1) is 7.11 Å². The van der Waals surface area contributed by atoms with Gasteiger partial charge in [-0.15, -0.1) is 6.58 Å². The summed E-state index contributed by atoms with van der Waals surface area (Å²) in [5, 5.41) is 0. The van der Waals surface area contributed by atoms with Crippen LogP contribution < -0.4 is 18.9 Å². The number of methoxy groups -OCH3 is 1. The lowest BCUT2D eigenvalue weighted by Crippen LogP contribution is -2.07. The highest BCUT2D eigenvalue weighted by Gasteiger charge is 2.09. The van der Waals surface area contributed by atoms with E-state index in [9.17, 15) is 14.4 Å². The van der Waals surface area contributed by atoms with Crippen LogP contribution in [0.4, 0.5) is 0 Å². The molecule has 0 saturated carbocycles. The summed E-state index contributed by atoms with van der Waals surface area (Å²) in [5.74, 6) is 1.33. The molecule has 0 radical (unpaired) electrons. The zero-order valence-corrected chi connectivity index (χ0v) is 29.4. The lowest BCUT2D eigenvalue weighted by Gasteiger charge is -2.09. The van der Waals surface area contributed by atoms with Crippen molar-refractivity contribution in [2.75, 3.05) is 7.11 Å². The minimum absolute atomic E-state index is 0.339. The first-order chi connectivity index (χ1) is 23.6. The molecule has 4 rings (SSSR count). The van der Waals surface area contributed by atoms with Gasteiger partial charge in [0.1, 0.15) is 29.3 Å². The van der Waals surface area contributed by atoms with E-state index in [1.807, 2.05) is 88.4 Å². The average molecular weight is 667 g/mol. The fraction of sp³-hybridized carbons (Fsp3) is 0.171. The second kappa shape index (κ2) is 25.1. The van der Waals surface area contributed by atoms with Crippen LogP contribution in [0.2, 0.25) is 0 Å². The third-order valence-electron chi connectivity index (χ3n) is 5.77. The maximum atomic E-state index is 11.5. The number of carbonyl (C=O) groups is 4. The molecular formula is C41H46O8. The molecule has 0 fully saturated rings. The summed E-state index contributed by atoms with van der Waals surface area (Å²) in [6, 6.07) is 27.7. The normalized spacial score (nSPS) is 8.88. The summed E-state index contributed by atoms with van der Waals surface area (Å²) in [5.41, 5.74) is 5.12. The first kappa shape index (κ1) is 43.0. The van der Waals surface area contributed by atoms with Crippen molar-refractivity contribution in [2.24, 2.45) is 0 Å². The van der Waals surface area contributed by atoms with Crippen molar-refractivity contribution < 1.29 is 38.1 Å². The molecule has 49 heavy (non-hydrogen) atoms. The number of aryl methyl sites for hydroxylation is 1. The zero-order chi connectivity index (χ0) is 37.2. The standard InChI is InChI=1S/C20H18O4.C14H12O3.C3H6.C2H4O.C2H6/c1-5-19(21)24-18-12-16(7-6-14(18)4)15-8-10-17(11-9-15)23-20(22)13(2)3;1-16-13-6-2-11(3-7-13)12-4-8-14(9-5-12)17-10-15;1-3-2;1-2-3;1-2/h5-12H,1-2H2,3-4H3;2-10H,1H3;3H,1H2,2H3;2H,1H3;1-2H3. The molecule has 0 spiro atoms. The van der Waals surface area contributed by atoms with Crippen molar-refractivity contribution in [1.82, 2.24) is 0 Å². The van der Waals surface area contributed by atoms with E-state index in [1.54, 1.807) is 50.4 Å². The van der Waals surface area contributed by atoms with Gasteiger partial charge in [0, 0.05) is 11.6 Å². The van der Waals surface area contributed by atoms with Crippen molar-refractivity contribution >= 4 is 24.7 Å². The van der Waals surface area contributed by atoms with Crippen molar-refractivity contribution in [2.45, 2.75) is 41.5 Å². The van der Waals surface area contributed by atoms with Crippen LogP contribution >= 0.6 is 0 Å². The summed E-state index contributed by atoms with van der Waals surface area (Å²) in [4.78, 5) is 41.9. The fourth-order valence-corrected chi connectivity index (χ4v) is 3.51. The Morgan fingerprint density at radius 3 is 1.49 bits per heavy atom. The smallest absolute Gasteiger partial charge is 0.338 e. The molecule has 0 saturated heterocycles. The highest BCUT2D eigenvalue weighted by molar-refractivity contribution is 5.89. The summed E-state index contributed by atoms with van der Waals surface area (Å²) < 4.78 is 20.2. The van der Waals surface area contributed by atoms with E-state index >= 15 is 0 Å². The molecule has 0 unspecified atom stereocenters. The molecule has 8 heteroatoms. The van der Waals surface area contributed by atoms with Crippen LogP contribution in [0.3, 0.4) is 0 Å². The molecule has 258 valence electrons. The third-order valence-corrected chi connectivity index (χ3v) is 5.77. The molecule has 0 heterocycles. The summed E-state index contributed by atoms with van der Waals surface area (Å²) in [6.07, 6.45) is 3.62. The van der Waals surface area contributed by atoms with Crippen LogP contribution in [0.25, 0.3) is 22.3 Å². The van der Waals surface area contributed by atoms with Crippen molar-refractivity contribution in [1.29, 1.82) is 0 Å². The van der Waals surface area contributed by atoms with E-state index in [-0.39, 0.29) is 0 Å². The monoisotopic (exact) mass is 666 g/mol. The van der Waals surface area contributed by atoms with Gasteiger partial charge in [0.2, 0.25) is 0 Å². The number of aldehydes is 1. The Bertz CT molecular complexity index is 1610. The van der Waals surface area contributed by atoms with E-state index in [4.69, 9.17) is 23.7 Å². The van der Waals surface area contributed by atoms with Gasteiger partial charge in [-0.25, -0.2) is 9.59 Å². The number of benzene rings is 4. The maximum Gasteiger partial charge on any atom is 0.338 e. The number of ether oxygens (including phenoxy) is 4. The van der Waals surface area contributed by atoms with Gasteiger partial charge in [-0.2, -0.15) is 0 Å². The van der Waals surface area contributed by atoms with Crippen LogP contribution in [0, 0.1) is 6.92 Å². The average Bonchev–Trinajstić information content (AvgIpc) is 3.12. The van der Waals surface area contributed by atoms with E-state index in [0.29, 0.717) is 29.3 Å². The van der Waals surface area contributed by atoms with Crippen LogP contribution in [0.5, 0.6) is 23.0 Å². The SMILES string of the molecule is C=CC.C=CC(=O)Oc1cc(-c2ccc(OC(=O)C(=C)C)cc2)ccc1C.CC.CC=O.COc1ccc(-c2ccc(OC=O)cc2)cc1. The molecule has 0 aliphatic carbocycles. The highest BCUT2D eigenvalue weighted by Crippen LogP contribution is 2.29. The van der Waals surface area contributed by atoms with Gasteiger partial charge in [-0.1, -0.05) is 81.6 Å². The number of hydrogen-bond acceptors (Lipinski definition) is 8. The molecule has 8 nitrogen and oxygen atoms in total.